The fourth-order valence-electron chi connectivity index (χ4n) is 3.25. The van der Waals surface area contributed by atoms with Crippen molar-refractivity contribution < 1.29 is 0 Å². The average molecular weight is 327 g/mol. The lowest BCUT2D eigenvalue weighted by Crippen LogP contribution is -2.47. The number of aryl methyl sites for hydroxylation is 1. The Bertz CT molecular complexity index is 685. The van der Waals surface area contributed by atoms with Gasteiger partial charge in [-0.05, 0) is 26.7 Å². The standard InChI is InChI=1S/C17H25N7/c1-13-14(2)19-16(15-3-4-15)20-17(13)23-10-7-22(8-11-23)9-12-24-6-5-18-21-24/h5-6,15H,3-4,7-12H2,1-2H3. The molecule has 1 aliphatic carbocycles. The van der Waals surface area contributed by atoms with E-state index in [0.717, 1.165) is 56.6 Å². The SMILES string of the molecule is Cc1nc(C2CC2)nc(N2CCN(CCn3ccnn3)CC2)c1C. The van der Waals surface area contributed by atoms with E-state index in [1.165, 1.54) is 18.4 Å². The molecule has 7 heteroatoms. The van der Waals surface area contributed by atoms with E-state index in [1.807, 2.05) is 10.9 Å². The molecule has 24 heavy (non-hydrogen) atoms. The molecule has 1 aliphatic heterocycles. The van der Waals surface area contributed by atoms with Gasteiger partial charge in [-0.25, -0.2) is 9.97 Å². The van der Waals surface area contributed by atoms with Crippen molar-refractivity contribution in [3.05, 3.63) is 29.5 Å². The molecule has 0 radical (unpaired) electrons. The molecular weight excluding hydrogens is 302 g/mol. The Morgan fingerprint density at radius 1 is 1.04 bits per heavy atom. The average Bonchev–Trinajstić information content (AvgIpc) is 3.32. The molecule has 128 valence electrons. The Balaban J connectivity index is 1.38. The Kier molecular flexibility index (Phi) is 4.18. The van der Waals surface area contributed by atoms with Gasteiger partial charge in [0.2, 0.25) is 0 Å². The largest absolute Gasteiger partial charge is 0.354 e. The van der Waals surface area contributed by atoms with Gasteiger partial charge >= 0.3 is 0 Å². The van der Waals surface area contributed by atoms with Gasteiger partial charge in [0.05, 0.1) is 12.7 Å². The first-order valence-corrected chi connectivity index (χ1v) is 8.87. The van der Waals surface area contributed by atoms with Crippen LogP contribution in [0.5, 0.6) is 0 Å². The minimum absolute atomic E-state index is 0.604. The van der Waals surface area contributed by atoms with Crippen LogP contribution in [0.4, 0.5) is 5.82 Å². The predicted molar refractivity (Wildman–Crippen MR) is 92.2 cm³/mol. The van der Waals surface area contributed by atoms with Gasteiger partial charge in [0.25, 0.3) is 0 Å². The molecule has 0 unspecified atom stereocenters. The normalized spacial score (nSPS) is 19.0. The summed E-state index contributed by atoms with van der Waals surface area (Å²) in [6.07, 6.45) is 6.15. The Morgan fingerprint density at radius 2 is 1.83 bits per heavy atom. The maximum Gasteiger partial charge on any atom is 0.135 e. The van der Waals surface area contributed by atoms with Crippen molar-refractivity contribution in [1.29, 1.82) is 0 Å². The summed E-state index contributed by atoms with van der Waals surface area (Å²) in [7, 11) is 0. The molecular formula is C17H25N7. The zero-order valence-corrected chi connectivity index (χ0v) is 14.5. The molecule has 2 fully saturated rings. The van der Waals surface area contributed by atoms with Crippen LogP contribution in [0.1, 0.15) is 35.8 Å². The minimum atomic E-state index is 0.604. The third-order valence-electron chi connectivity index (χ3n) is 5.11. The van der Waals surface area contributed by atoms with Gasteiger partial charge in [-0.3, -0.25) is 9.58 Å². The van der Waals surface area contributed by atoms with Gasteiger partial charge < -0.3 is 4.90 Å². The second kappa shape index (κ2) is 6.47. The van der Waals surface area contributed by atoms with Gasteiger partial charge in [-0.1, -0.05) is 5.21 Å². The number of hydrogen-bond donors (Lipinski definition) is 0. The summed E-state index contributed by atoms with van der Waals surface area (Å²) < 4.78 is 1.90. The second-order valence-electron chi connectivity index (χ2n) is 6.88. The van der Waals surface area contributed by atoms with Crippen molar-refractivity contribution >= 4 is 5.82 Å². The van der Waals surface area contributed by atoms with E-state index in [-0.39, 0.29) is 0 Å². The summed E-state index contributed by atoms with van der Waals surface area (Å²) in [6, 6.07) is 0. The maximum absolute atomic E-state index is 4.90. The third kappa shape index (κ3) is 3.26. The monoisotopic (exact) mass is 327 g/mol. The number of nitrogens with zero attached hydrogens (tertiary/aromatic N) is 7. The van der Waals surface area contributed by atoms with Crippen molar-refractivity contribution in [1.82, 2.24) is 29.9 Å². The Hall–Kier alpha value is -2.02. The van der Waals surface area contributed by atoms with E-state index in [0.29, 0.717) is 5.92 Å². The third-order valence-corrected chi connectivity index (χ3v) is 5.11. The first kappa shape index (κ1) is 15.5. The lowest BCUT2D eigenvalue weighted by molar-refractivity contribution is 0.243. The maximum atomic E-state index is 4.90. The quantitative estimate of drug-likeness (QED) is 0.827. The molecule has 1 saturated heterocycles. The first-order chi connectivity index (χ1) is 11.7. The number of piperazine rings is 1. The van der Waals surface area contributed by atoms with Crippen LogP contribution in [0.3, 0.4) is 0 Å². The summed E-state index contributed by atoms with van der Waals surface area (Å²) in [6.45, 7) is 10.4. The van der Waals surface area contributed by atoms with Gasteiger partial charge in [-0.2, -0.15) is 0 Å². The van der Waals surface area contributed by atoms with E-state index in [4.69, 9.17) is 9.97 Å². The first-order valence-electron chi connectivity index (χ1n) is 8.87. The molecule has 3 heterocycles. The van der Waals surface area contributed by atoms with Crippen molar-refractivity contribution in [3.63, 3.8) is 0 Å². The van der Waals surface area contributed by atoms with E-state index >= 15 is 0 Å². The molecule has 0 N–H and O–H groups in total. The van der Waals surface area contributed by atoms with E-state index in [9.17, 15) is 0 Å². The highest BCUT2D eigenvalue weighted by Gasteiger charge is 2.29. The summed E-state index contributed by atoms with van der Waals surface area (Å²) in [5, 5.41) is 7.88. The van der Waals surface area contributed by atoms with Gasteiger partial charge in [0.1, 0.15) is 11.6 Å². The molecule has 7 nitrogen and oxygen atoms in total. The Morgan fingerprint density at radius 3 is 2.50 bits per heavy atom. The number of anilines is 1. The number of rotatable bonds is 5. The zero-order valence-electron chi connectivity index (χ0n) is 14.5. The summed E-state index contributed by atoms with van der Waals surface area (Å²) in [4.78, 5) is 14.5. The van der Waals surface area contributed by atoms with Crippen molar-refractivity contribution in [2.24, 2.45) is 0 Å². The Labute approximate surface area is 142 Å². The second-order valence-corrected chi connectivity index (χ2v) is 6.88. The minimum Gasteiger partial charge on any atom is -0.354 e. The summed E-state index contributed by atoms with van der Waals surface area (Å²) in [5.74, 6) is 2.81. The molecule has 2 aromatic heterocycles. The molecule has 1 saturated carbocycles. The highest BCUT2D eigenvalue weighted by Crippen LogP contribution is 2.39. The lowest BCUT2D eigenvalue weighted by atomic mass is 10.2. The lowest BCUT2D eigenvalue weighted by Gasteiger charge is -2.36. The van der Waals surface area contributed by atoms with Crippen LogP contribution in [0, 0.1) is 13.8 Å². The van der Waals surface area contributed by atoms with Gasteiger partial charge in [0, 0.05) is 56.1 Å². The van der Waals surface area contributed by atoms with E-state index in [1.54, 1.807) is 6.20 Å². The van der Waals surface area contributed by atoms with E-state index in [2.05, 4.69) is 34.0 Å². The fourth-order valence-corrected chi connectivity index (χ4v) is 3.25. The van der Waals surface area contributed by atoms with Crippen LogP contribution in [-0.4, -0.2) is 62.6 Å². The van der Waals surface area contributed by atoms with Crippen LogP contribution >= 0.6 is 0 Å². The molecule has 0 amide bonds. The molecule has 4 rings (SSSR count). The highest BCUT2D eigenvalue weighted by atomic mass is 15.4. The highest BCUT2D eigenvalue weighted by molar-refractivity contribution is 5.49. The van der Waals surface area contributed by atoms with Crippen molar-refractivity contribution in [3.8, 4) is 0 Å². The molecule has 0 atom stereocenters. The van der Waals surface area contributed by atoms with Crippen LogP contribution in [0.15, 0.2) is 12.4 Å². The molecule has 0 aromatic carbocycles. The van der Waals surface area contributed by atoms with Crippen LogP contribution in [0.25, 0.3) is 0 Å². The van der Waals surface area contributed by atoms with Crippen molar-refractivity contribution in [2.75, 3.05) is 37.6 Å². The smallest absolute Gasteiger partial charge is 0.135 e. The molecule has 2 aliphatic rings. The predicted octanol–water partition coefficient (Wildman–Crippen LogP) is 1.38. The van der Waals surface area contributed by atoms with E-state index < -0.39 is 0 Å². The van der Waals surface area contributed by atoms with Crippen LogP contribution in [0.2, 0.25) is 0 Å². The molecule has 0 spiro atoms. The zero-order chi connectivity index (χ0) is 16.5. The summed E-state index contributed by atoms with van der Waals surface area (Å²) in [5.41, 5.74) is 2.37. The van der Waals surface area contributed by atoms with Crippen molar-refractivity contribution in [2.45, 2.75) is 39.2 Å². The summed E-state index contributed by atoms with van der Waals surface area (Å²) >= 11 is 0. The molecule has 0 bridgehead atoms. The fraction of sp³-hybridized carbons (Fsp3) is 0.647. The number of aromatic nitrogens is 5. The van der Waals surface area contributed by atoms with Crippen LogP contribution in [-0.2, 0) is 6.54 Å². The topological polar surface area (TPSA) is 63.0 Å². The number of hydrogen-bond acceptors (Lipinski definition) is 6. The molecule has 2 aromatic rings. The van der Waals surface area contributed by atoms with Gasteiger partial charge in [0.15, 0.2) is 0 Å². The van der Waals surface area contributed by atoms with Crippen LogP contribution < -0.4 is 4.90 Å². The van der Waals surface area contributed by atoms with Gasteiger partial charge in [-0.15, -0.1) is 5.10 Å².